The van der Waals surface area contributed by atoms with Crippen LogP contribution in [0.3, 0.4) is 0 Å². The van der Waals surface area contributed by atoms with Gasteiger partial charge in [0, 0.05) is 6.92 Å². The molecular weight excluding hydrogens is 152 g/mol. The number of carbonyl (C=O) groups excluding carboxylic acids is 1. The van der Waals surface area contributed by atoms with Crippen LogP contribution >= 0.6 is 0 Å². The zero-order valence-electron chi connectivity index (χ0n) is 7.81. The quantitative estimate of drug-likeness (QED) is 0.366. The Morgan fingerprint density at radius 3 is 2.00 bits per heavy atom. The van der Waals surface area contributed by atoms with Crippen LogP contribution in [0.25, 0.3) is 0 Å². The SMILES string of the molecule is C=C(C)/C=C(/OC(C)=O)C(=C)C. The Morgan fingerprint density at radius 1 is 1.25 bits per heavy atom. The third kappa shape index (κ3) is 4.50. The van der Waals surface area contributed by atoms with Crippen molar-refractivity contribution >= 4 is 5.97 Å². The number of hydrogen-bond donors (Lipinski definition) is 0. The molecule has 2 nitrogen and oxygen atoms in total. The van der Waals surface area contributed by atoms with Crippen LogP contribution in [-0.2, 0) is 9.53 Å². The first-order chi connectivity index (χ1) is 5.43. The zero-order chi connectivity index (χ0) is 9.72. The van der Waals surface area contributed by atoms with Gasteiger partial charge in [-0.25, -0.2) is 0 Å². The van der Waals surface area contributed by atoms with E-state index in [0.717, 1.165) is 5.57 Å². The number of hydrogen-bond acceptors (Lipinski definition) is 2. The molecule has 0 radical (unpaired) electrons. The Morgan fingerprint density at radius 2 is 1.75 bits per heavy atom. The average Bonchev–Trinajstić information content (AvgIpc) is 1.83. The van der Waals surface area contributed by atoms with Crippen LogP contribution in [0.2, 0.25) is 0 Å². The molecule has 0 saturated carbocycles. The molecule has 0 aromatic carbocycles. The maximum absolute atomic E-state index is 10.6. The van der Waals surface area contributed by atoms with Crippen LogP contribution in [-0.4, -0.2) is 5.97 Å². The first-order valence-electron chi connectivity index (χ1n) is 3.65. The summed E-state index contributed by atoms with van der Waals surface area (Å²) in [6.07, 6.45) is 1.68. The second-order valence-corrected chi connectivity index (χ2v) is 2.73. The molecule has 0 spiro atoms. The highest BCUT2D eigenvalue weighted by atomic mass is 16.5. The molecule has 0 amide bonds. The number of ether oxygens (including phenoxy) is 1. The molecule has 0 aliphatic rings. The lowest BCUT2D eigenvalue weighted by molar-refractivity contribution is -0.136. The second-order valence-electron chi connectivity index (χ2n) is 2.73. The summed E-state index contributed by atoms with van der Waals surface area (Å²) < 4.78 is 4.88. The summed E-state index contributed by atoms with van der Waals surface area (Å²) in [5, 5.41) is 0. The largest absolute Gasteiger partial charge is 0.426 e. The van der Waals surface area contributed by atoms with Gasteiger partial charge in [0.2, 0.25) is 0 Å². The maximum Gasteiger partial charge on any atom is 0.308 e. The van der Waals surface area contributed by atoms with E-state index in [4.69, 9.17) is 4.74 Å². The highest BCUT2D eigenvalue weighted by Gasteiger charge is 2.01. The Hall–Kier alpha value is -1.31. The topological polar surface area (TPSA) is 26.3 Å². The Bertz CT molecular complexity index is 247. The van der Waals surface area contributed by atoms with Gasteiger partial charge in [-0.3, -0.25) is 4.79 Å². The van der Waals surface area contributed by atoms with Gasteiger partial charge < -0.3 is 4.74 Å². The molecule has 0 aromatic heterocycles. The maximum atomic E-state index is 10.6. The van der Waals surface area contributed by atoms with E-state index in [1.165, 1.54) is 6.92 Å². The fourth-order valence-electron chi connectivity index (χ4n) is 0.618. The molecule has 0 bridgehead atoms. The highest BCUT2D eigenvalue weighted by molar-refractivity contribution is 5.68. The molecule has 0 aromatic rings. The van der Waals surface area contributed by atoms with Crippen LogP contribution in [0.15, 0.2) is 36.1 Å². The third-order valence-corrected chi connectivity index (χ3v) is 1.05. The smallest absolute Gasteiger partial charge is 0.308 e. The molecule has 0 aliphatic heterocycles. The van der Waals surface area contributed by atoms with Gasteiger partial charge in [0.25, 0.3) is 0 Å². The van der Waals surface area contributed by atoms with Gasteiger partial charge in [-0.05, 0) is 25.5 Å². The molecule has 0 unspecified atom stereocenters. The van der Waals surface area contributed by atoms with E-state index >= 15 is 0 Å². The predicted octanol–water partition coefficient (Wildman–Crippen LogP) is 2.59. The summed E-state index contributed by atoms with van der Waals surface area (Å²) >= 11 is 0. The summed E-state index contributed by atoms with van der Waals surface area (Å²) in [6, 6.07) is 0. The van der Waals surface area contributed by atoms with Crippen LogP contribution in [0, 0.1) is 0 Å². The molecule has 0 heterocycles. The van der Waals surface area contributed by atoms with E-state index in [1.54, 1.807) is 13.0 Å². The molecule has 66 valence electrons. The fourth-order valence-corrected chi connectivity index (χ4v) is 0.618. The van der Waals surface area contributed by atoms with Crippen LogP contribution in [0.5, 0.6) is 0 Å². The molecule has 0 rings (SSSR count). The molecular formula is C10H14O2. The van der Waals surface area contributed by atoms with Crippen molar-refractivity contribution < 1.29 is 9.53 Å². The summed E-state index contributed by atoms with van der Waals surface area (Å²) in [4.78, 5) is 10.6. The van der Waals surface area contributed by atoms with E-state index in [9.17, 15) is 4.79 Å². The van der Waals surface area contributed by atoms with Crippen molar-refractivity contribution in [2.45, 2.75) is 20.8 Å². The van der Waals surface area contributed by atoms with Crippen LogP contribution in [0.1, 0.15) is 20.8 Å². The fraction of sp³-hybridized carbons (Fsp3) is 0.300. The number of rotatable bonds is 3. The molecule has 0 aliphatic carbocycles. The summed E-state index contributed by atoms with van der Waals surface area (Å²) in [7, 11) is 0. The van der Waals surface area contributed by atoms with Gasteiger partial charge in [-0.1, -0.05) is 18.7 Å². The molecule has 0 saturated heterocycles. The molecule has 0 atom stereocenters. The Balaban J connectivity index is 4.55. The van der Waals surface area contributed by atoms with Gasteiger partial charge in [-0.15, -0.1) is 0 Å². The van der Waals surface area contributed by atoms with E-state index in [2.05, 4.69) is 13.2 Å². The lowest BCUT2D eigenvalue weighted by atomic mass is 10.2. The first-order valence-corrected chi connectivity index (χ1v) is 3.65. The summed E-state index contributed by atoms with van der Waals surface area (Å²) in [6.45, 7) is 12.3. The lowest BCUT2D eigenvalue weighted by Crippen LogP contribution is -1.99. The van der Waals surface area contributed by atoms with Crippen LogP contribution in [0.4, 0.5) is 0 Å². The van der Waals surface area contributed by atoms with Crippen LogP contribution < -0.4 is 0 Å². The van der Waals surface area contributed by atoms with Crippen molar-refractivity contribution in [3.8, 4) is 0 Å². The average molecular weight is 166 g/mol. The van der Waals surface area contributed by atoms with Gasteiger partial charge in [0.1, 0.15) is 5.76 Å². The molecule has 0 N–H and O–H groups in total. The van der Waals surface area contributed by atoms with Crippen molar-refractivity contribution in [1.82, 2.24) is 0 Å². The Kier molecular flexibility index (Phi) is 4.05. The van der Waals surface area contributed by atoms with Crippen molar-refractivity contribution in [2.24, 2.45) is 0 Å². The highest BCUT2D eigenvalue weighted by Crippen LogP contribution is 2.11. The minimum absolute atomic E-state index is 0.342. The monoisotopic (exact) mass is 166 g/mol. The predicted molar refractivity (Wildman–Crippen MR) is 49.5 cm³/mol. The second kappa shape index (κ2) is 4.54. The van der Waals surface area contributed by atoms with Gasteiger partial charge in [0.05, 0.1) is 0 Å². The van der Waals surface area contributed by atoms with Gasteiger partial charge in [-0.2, -0.15) is 0 Å². The molecule has 12 heavy (non-hydrogen) atoms. The minimum Gasteiger partial charge on any atom is -0.426 e. The zero-order valence-corrected chi connectivity index (χ0v) is 7.81. The van der Waals surface area contributed by atoms with Gasteiger partial charge >= 0.3 is 5.97 Å². The summed E-state index contributed by atoms with van der Waals surface area (Å²) in [5.74, 6) is 0.139. The van der Waals surface area contributed by atoms with Gasteiger partial charge in [0.15, 0.2) is 0 Å². The van der Waals surface area contributed by atoms with Crippen molar-refractivity contribution in [1.29, 1.82) is 0 Å². The standard InChI is InChI=1S/C10H14O2/c1-7(2)6-10(8(3)4)12-9(5)11/h6H,1,3H2,2,4-5H3/b10-6+. The van der Waals surface area contributed by atoms with E-state index in [-0.39, 0.29) is 5.97 Å². The normalized spacial score (nSPS) is 10.8. The lowest BCUT2D eigenvalue weighted by Gasteiger charge is -2.05. The number of allylic oxidation sites excluding steroid dienone is 3. The third-order valence-electron chi connectivity index (χ3n) is 1.05. The number of carbonyl (C=O) groups is 1. The molecule has 0 fully saturated rings. The Labute approximate surface area is 73.2 Å². The van der Waals surface area contributed by atoms with Crippen molar-refractivity contribution in [3.05, 3.63) is 36.1 Å². The minimum atomic E-state index is -0.342. The first kappa shape index (κ1) is 10.7. The van der Waals surface area contributed by atoms with E-state index in [0.29, 0.717) is 11.3 Å². The molecule has 2 heteroatoms. The van der Waals surface area contributed by atoms with E-state index < -0.39 is 0 Å². The van der Waals surface area contributed by atoms with Crippen molar-refractivity contribution in [3.63, 3.8) is 0 Å². The van der Waals surface area contributed by atoms with E-state index in [1.807, 2.05) is 6.92 Å². The summed E-state index contributed by atoms with van der Waals surface area (Å²) in [5.41, 5.74) is 1.54. The number of esters is 1. The van der Waals surface area contributed by atoms with Crippen molar-refractivity contribution in [2.75, 3.05) is 0 Å².